The minimum Gasteiger partial charge on any atom is -0.459 e. The lowest BCUT2D eigenvalue weighted by Crippen LogP contribution is -2.40. The summed E-state index contributed by atoms with van der Waals surface area (Å²) >= 11 is 0. The lowest BCUT2D eigenvalue weighted by molar-refractivity contribution is -0.160. The summed E-state index contributed by atoms with van der Waals surface area (Å²) in [6, 6.07) is 5.49. The summed E-state index contributed by atoms with van der Waals surface area (Å²) in [5.74, 6) is -0.158. The molecule has 2 rings (SSSR count). The number of esters is 1. The van der Waals surface area contributed by atoms with E-state index in [1.54, 1.807) is 12.3 Å². The van der Waals surface area contributed by atoms with Gasteiger partial charge in [-0.1, -0.05) is 0 Å². The van der Waals surface area contributed by atoms with Crippen LogP contribution in [0.5, 0.6) is 0 Å². The van der Waals surface area contributed by atoms with Crippen LogP contribution in [0.15, 0.2) is 18.3 Å². The zero-order valence-electron chi connectivity index (χ0n) is 12.8. The van der Waals surface area contributed by atoms with Crippen molar-refractivity contribution < 1.29 is 9.53 Å². The highest BCUT2D eigenvalue weighted by Gasteiger charge is 2.33. The van der Waals surface area contributed by atoms with Crippen molar-refractivity contribution in [2.75, 3.05) is 6.54 Å². The number of hydrogen-bond acceptors (Lipinski definition) is 5. The molecular weight excluding hydrogens is 266 g/mol. The van der Waals surface area contributed by atoms with Gasteiger partial charge in [-0.15, -0.1) is 0 Å². The molecule has 112 valence electrons. The smallest absolute Gasteiger partial charge is 0.323 e. The standard InChI is InChI=1S/C16H21N3O2/c1-16(2,3)21-15(20)14-5-4-8-19(14)11-12-6-7-18-13(9-12)10-17/h6-7,9,14H,4-5,8,11H2,1-3H3/t14-/m0/s1. The van der Waals surface area contributed by atoms with E-state index in [1.165, 1.54) is 0 Å². The number of carbonyl (C=O) groups excluding carboxylic acids is 1. The lowest BCUT2D eigenvalue weighted by atomic mass is 10.1. The Kier molecular flexibility index (Phi) is 4.59. The van der Waals surface area contributed by atoms with Crippen LogP contribution < -0.4 is 0 Å². The summed E-state index contributed by atoms with van der Waals surface area (Å²) in [6.45, 7) is 7.15. The van der Waals surface area contributed by atoms with Crippen molar-refractivity contribution in [1.82, 2.24) is 9.88 Å². The van der Waals surface area contributed by atoms with Crippen LogP contribution in [0, 0.1) is 11.3 Å². The fraction of sp³-hybridized carbons (Fsp3) is 0.562. The summed E-state index contributed by atoms with van der Waals surface area (Å²) in [7, 11) is 0. The van der Waals surface area contributed by atoms with Crippen molar-refractivity contribution in [2.45, 2.75) is 51.8 Å². The van der Waals surface area contributed by atoms with E-state index in [0.29, 0.717) is 12.2 Å². The van der Waals surface area contributed by atoms with Crippen LogP contribution in [0.1, 0.15) is 44.9 Å². The van der Waals surface area contributed by atoms with E-state index in [4.69, 9.17) is 10.00 Å². The fourth-order valence-electron chi connectivity index (χ4n) is 2.52. The van der Waals surface area contributed by atoms with Crippen molar-refractivity contribution in [1.29, 1.82) is 5.26 Å². The molecule has 0 saturated carbocycles. The van der Waals surface area contributed by atoms with Gasteiger partial charge < -0.3 is 4.74 Å². The van der Waals surface area contributed by atoms with E-state index in [0.717, 1.165) is 24.9 Å². The largest absolute Gasteiger partial charge is 0.459 e. The number of ether oxygens (including phenoxy) is 1. The number of aromatic nitrogens is 1. The summed E-state index contributed by atoms with van der Waals surface area (Å²) in [5.41, 5.74) is 0.938. The number of nitrogens with zero attached hydrogens (tertiary/aromatic N) is 3. The number of hydrogen-bond donors (Lipinski definition) is 0. The second kappa shape index (κ2) is 6.23. The van der Waals surface area contributed by atoms with Gasteiger partial charge >= 0.3 is 5.97 Å². The topological polar surface area (TPSA) is 66.2 Å². The molecule has 0 bridgehead atoms. The Morgan fingerprint density at radius 3 is 3.00 bits per heavy atom. The zero-order chi connectivity index (χ0) is 15.5. The van der Waals surface area contributed by atoms with Crippen molar-refractivity contribution in [3.63, 3.8) is 0 Å². The monoisotopic (exact) mass is 287 g/mol. The summed E-state index contributed by atoms with van der Waals surface area (Å²) in [4.78, 5) is 18.3. The Morgan fingerprint density at radius 1 is 1.57 bits per heavy atom. The Labute approximate surface area is 125 Å². The molecule has 0 unspecified atom stereocenters. The van der Waals surface area contributed by atoms with E-state index in [9.17, 15) is 4.79 Å². The second-order valence-electron chi connectivity index (χ2n) is 6.32. The molecule has 0 amide bonds. The maximum absolute atomic E-state index is 12.3. The molecule has 21 heavy (non-hydrogen) atoms. The lowest BCUT2D eigenvalue weighted by Gasteiger charge is -2.27. The van der Waals surface area contributed by atoms with Crippen molar-refractivity contribution >= 4 is 5.97 Å². The molecule has 0 N–H and O–H groups in total. The first-order chi connectivity index (χ1) is 9.89. The van der Waals surface area contributed by atoms with E-state index in [1.807, 2.05) is 32.9 Å². The third-order valence-corrected chi connectivity index (χ3v) is 3.37. The van der Waals surface area contributed by atoms with Gasteiger partial charge in [0.15, 0.2) is 0 Å². The van der Waals surface area contributed by atoms with Crippen LogP contribution in [-0.4, -0.2) is 34.0 Å². The average molecular weight is 287 g/mol. The molecule has 5 nitrogen and oxygen atoms in total. The van der Waals surface area contributed by atoms with E-state index in [2.05, 4.69) is 9.88 Å². The maximum atomic E-state index is 12.3. The minimum atomic E-state index is -0.462. The van der Waals surface area contributed by atoms with E-state index in [-0.39, 0.29) is 12.0 Å². The normalized spacial score (nSPS) is 19.2. The zero-order valence-corrected chi connectivity index (χ0v) is 12.8. The molecule has 1 atom stereocenters. The molecular formula is C16H21N3O2. The van der Waals surface area contributed by atoms with Crippen LogP contribution in [0.3, 0.4) is 0 Å². The van der Waals surface area contributed by atoms with Gasteiger partial charge in [-0.2, -0.15) is 5.26 Å². The Bertz CT molecular complexity index is 557. The van der Waals surface area contributed by atoms with Crippen molar-refractivity contribution in [2.24, 2.45) is 0 Å². The third kappa shape index (κ3) is 4.27. The number of rotatable bonds is 3. The number of likely N-dealkylation sites (tertiary alicyclic amines) is 1. The Balaban J connectivity index is 2.05. The van der Waals surface area contributed by atoms with Crippen molar-refractivity contribution in [3.8, 4) is 6.07 Å². The summed E-state index contributed by atoms with van der Waals surface area (Å²) in [6.07, 6.45) is 3.44. The van der Waals surface area contributed by atoms with Crippen LogP contribution in [0.2, 0.25) is 0 Å². The van der Waals surface area contributed by atoms with Crippen molar-refractivity contribution in [3.05, 3.63) is 29.6 Å². The highest BCUT2D eigenvalue weighted by Crippen LogP contribution is 2.23. The molecule has 0 spiro atoms. The molecule has 0 aromatic carbocycles. The molecule has 2 heterocycles. The third-order valence-electron chi connectivity index (χ3n) is 3.37. The number of nitriles is 1. The molecule has 0 radical (unpaired) electrons. The average Bonchev–Trinajstić information content (AvgIpc) is 2.85. The van der Waals surface area contributed by atoms with E-state index < -0.39 is 5.60 Å². The van der Waals surface area contributed by atoms with Gasteiger partial charge in [0.2, 0.25) is 0 Å². The predicted octanol–water partition coefficient (Wildman–Crippen LogP) is 2.26. The molecule has 1 aromatic rings. The highest BCUT2D eigenvalue weighted by atomic mass is 16.6. The molecule has 1 saturated heterocycles. The second-order valence-corrected chi connectivity index (χ2v) is 6.32. The quantitative estimate of drug-likeness (QED) is 0.798. The van der Waals surface area contributed by atoms with Gasteiger partial charge in [0.25, 0.3) is 0 Å². The van der Waals surface area contributed by atoms with Gasteiger partial charge in [-0.05, 0) is 57.9 Å². The van der Waals surface area contributed by atoms with Gasteiger partial charge in [-0.25, -0.2) is 4.98 Å². The Hall–Kier alpha value is -1.93. The molecule has 1 aliphatic rings. The molecule has 1 aliphatic heterocycles. The van der Waals surface area contributed by atoms with Gasteiger partial charge in [0, 0.05) is 12.7 Å². The molecule has 1 fully saturated rings. The number of pyridine rings is 1. The predicted molar refractivity (Wildman–Crippen MR) is 78.2 cm³/mol. The van der Waals surface area contributed by atoms with Crippen LogP contribution in [-0.2, 0) is 16.1 Å². The van der Waals surface area contributed by atoms with E-state index >= 15 is 0 Å². The molecule has 5 heteroatoms. The van der Waals surface area contributed by atoms with Crippen LogP contribution in [0.4, 0.5) is 0 Å². The Morgan fingerprint density at radius 2 is 2.33 bits per heavy atom. The van der Waals surface area contributed by atoms with Gasteiger partial charge in [0.1, 0.15) is 23.4 Å². The first-order valence-electron chi connectivity index (χ1n) is 7.21. The van der Waals surface area contributed by atoms with Gasteiger partial charge in [0.05, 0.1) is 0 Å². The van der Waals surface area contributed by atoms with Gasteiger partial charge in [-0.3, -0.25) is 9.69 Å². The minimum absolute atomic E-state index is 0.158. The highest BCUT2D eigenvalue weighted by molar-refractivity contribution is 5.76. The number of carbonyl (C=O) groups is 1. The summed E-state index contributed by atoms with van der Waals surface area (Å²) in [5, 5.41) is 8.89. The molecule has 0 aliphatic carbocycles. The van der Waals surface area contributed by atoms with Crippen LogP contribution >= 0.6 is 0 Å². The first kappa shape index (κ1) is 15.5. The SMILES string of the molecule is CC(C)(C)OC(=O)[C@@H]1CCCN1Cc1ccnc(C#N)c1. The maximum Gasteiger partial charge on any atom is 0.323 e. The fourth-order valence-corrected chi connectivity index (χ4v) is 2.52. The first-order valence-corrected chi connectivity index (χ1v) is 7.21. The molecule has 1 aromatic heterocycles. The summed E-state index contributed by atoms with van der Waals surface area (Å²) < 4.78 is 5.49. The van der Waals surface area contributed by atoms with Crippen LogP contribution in [0.25, 0.3) is 0 Å².